The highest BCUT2D eigenvalue weighted by molar-refractivity contribution is 7.99. The number of anilines is 1. The molecule has 272 valence electrons. The number of furan rings is 1. The molecule has 0 fully saturated rings. The lowest BCUT2D eigenvalue weighted by molar-refractivity contribution is -0.161. The number of amidine groups is 1. The van der Waals surface area contributed by atoms with E-state index in [0.717, 1.165) is 23.2 Å². The SMILES string of the molecule is CC(C)(O/N=C(\C(=O)N[C@H](C=O)CSC/C(=C/C(=O)O)CCC(O)C1C=CC=C2N(Cc3cc(C(=N)N)co3)C=CN21)c1csc(N)n1)C(=O)O. The average Bonchev–Trinajstić information content (AvgIpc) is 3.83. The number of carboxylic acids is 2. The third-order valence-corrected chi connectivity index (χ3v) is 9.38. The topological polar surface area (TPSA) is 271 Å². The zero-order valence-electron chi connectivity index (χ0n) is 27.6. The smallest absolute Gasteiger partial charge is 0.350 e. The number of rotatable bonds is 19. The van der Waals surface area contributed by atoms with Gasteiger partial charge < -0.3 is 56.0 Å². The first-order valence-corrected chi connectivity index (χ1v) is 17.4. The lowest BCUT2D eigenvalue weighted by atomic mass is 9.99. The van der Waals surface area contributed by atoms with E-state index in [0.29, 0.717) is 29.7 Å². The van der Waals surface area contributed by atoms with Crippen LogP contribution in [0.3, 0.4) is 0 Å². The Balaban J connectivity index is 1.32. The van der Waals surface area contributed by atoms with E-state index in [1.165, 1.54) is 37.3 Å². The summed E-state index contributed by atoms with van der Waals surface area (Å²) in [6, 6.07) is 0.221. The van der Waals surface area contributed by atoms with Crippen LogP contribution in [0, 0.1) is 5.41 Å². The molecule has 2 unspecified atom stereocenters. The van der Waals surface area contributed by atoms with Crippen molar-refractivity contribution in [2.24, 2.45) is 10.9 Å². The number of carboxylic acid groups (broad SMARTS) is 2. The highest BCUT2D eigenvalue weighted by atomic mass is 32.2. The predicted molar refractivity (Wildman–Crippen MR) is 189 cm³/mol. The molecule has 2 aliphatic rings. The van der Waals surface area contributed by atoms with Crippen LogP contribution in [-0.4, -0.2) is 101 Å². The molecular formula is C32H38N8O9S2. The molecule has 0 radical (unpaired) electrons. The van der Waals surface area contributed by atoms with Crippen molar-refractivity contribution in [3.05, 3.63) is 82.8 Å². The number of thiazole rings is 1. The second kappa shape index (κ2) is 17.0. The van der Waals surface area contributed by atoms with Crippen molar-refractivity contribution < 1.29 is 43.8 Å². The second-order valence-corrected chi connectivity index (χ2v) is 13.8. The van der Waals surface area contributed by atoms with E-state index in [2.05, 4.69) is 15.5 Å². The number of aliphatic hydroxyl groups is 1. The number of thioether (sulfide) groups is 1. The number of aliphatic carboxylic acids is 2. The summed E-state index contributed by atoms with van der Waals surface area (Å²) in [6.07, 6.45) is 11.8. The monoisotopic (exact) mass is 742 g/mol. The quantitative estimate of drug-likeness (QED) is 0.0356. The molecule has 17 nitrogen and oxygen atoms in total. The van der Waals surface area contributed by atoms with Gasteiger partial charge in [-0.3, -0.25) is 10.2 Å². The van der Waals surface area contributed by atoms with E-state index < -0.39 is 41.6 Å². The van der Waals surface area contributed by atoms with Crippen LogP contribution in [-0.2, 0) is 30.6 Å². The predicted octanol–water partition coefficient (Wildman–Crippen LogP) is 1.82. The Morgan fingerprint density at radius 3 is 2.71 bits per heavy atom. The third kappa shape index (κ3) is 10.3. The van der Waals surface area contributed by atoms with Gasteiger partial charge in [-0.05, 0) is 38.8 Å². The van der Waals surface area contributed by atoms with Crippen LogP contribution in [0.1, 0.15) is 43.7 Å². The molecule has 0 aliphatic carbocycles. The van der Waals surface area contributed by atoms with Crippen molar-refractivity contribution in [2.45, 2.75) is 57.0 Å². The Bertz CT molecular complexity index is 1790. The van der Waals surface area contributed by atoms with Gasteiger partial charge >= 0.3 is 11.9 Å². The van der Waals surface area contributed by atoms with Crippen molar-refractivity contribution in [3.8, 4) is 0 Å². The lowest BCUT2D eigenvalue weighted by Crippen LogP contribution is -2.43. The summed E-state index contributed by atoms with van der Waals surface area (Å²) in [5.41, 5.74) is 10.1. The number of hydrogen-bond acceptors (Lipinski definition) is 15. The fourth-order valence-electron chi connectivity index (χ4n) is 4.79. The van der Waals surface area contributed by atoms with Crippen LogP contribution in [0.2, 0.25) is 0 Å². The molecular weight excluding hydrogens is 705 g/mol. The van der Waals surface area contributed by atoms with Gasteiger partial charge in [0.25, 0.3) is 5.91 Å². The highest BCUT2D eigenvalue weighted by Crippen LogP contribution is 2.31. The van der Waals surface area contributed by atoms with Gasteiger partial charge in [-0.25, -0.2) is 14.6 Å². The van der Waals surface area contributed by atoms with Crippen LogP contribution in [0.4, 0.5) is 5.13 Å². The van der Waals surface area contributed by atoms with E-state index in [4.69, 9.17) is 26.1 Å². The highest BCUT2D eigenvalue weighted by Gasteiger charge is 2.33. The molecule has 0 spiro atoms. The van der Waals surface area contributed by atoms with Gasteiger partial charge in [0.2, 0.25) is 5.60 Å². The zero-order valence-corrected chi connectivity index (χ0v) is 29.2. The Morgan fingerprint density at radius 2 is 2.08 bits per heavy atom. The Hall–Kier alpha value is -5.40. The van der Waals surface area contributed by atoms with E-state index in [1.54, 1.807) is 6.07 Å². The molecule has 2 aliphatic heterocycles. The zero-order chi connectivity index (χ0) is 37.3. The van der Waals surface area contributed by atoms with Crippen molar-refractivity contribution >= 4 is 63.9 Å². The molecule has 9 N–H and O–H groups in total. The molecule has 1 amide bonds. The number of carbonyl (C=O) groups excluding carboxylic acids is 2. The fraction of sp³-hybridized carbons (Fsp3) is 0.344. The number of carbonyl (C=O) groups is 4. The minimum Gasteiger partial charge on any atom is -0.478 e. The van der Waals surface area contributed by atoms with Crippen LogP contribution >= 0.6 is 23.1 Å². The molecule has 0 aromatic carbocycles. The summed E-state index contributed by atoms with van der Waals surface area (Å²) in [5, 5.41) is 45.4. The maximum atomic E-state index is 13.1. The van der Waals surface area contributed by atoms with Crippen LogP contribution in [0.25, 0.3) is 0 Å². The molecule has 19 heteroatoms. The number of hydrogen-bond donors (Lipinski definition) is 7. The van der Waals surface area contributed by atoms with Crippen molar-refractivity contribution in [2.75, 3.05) is 17.2 Å². The first kappa shape index (κ1) is 38.4. The molecule has 2 aromatic heterocycles. The number of aromatic nitrogens is 1. The van der Waals surface area contributed by atoms with E-state index in [1.807, 2.05) is 40.4 Å². The standard InChI is InChI=1S/C32H38N8O9S2/c1-32(2,30(46)47)49-38-27(22-17-51-31(35)37-22)29(45)36-20(13-41)16-50-15-18(10-26(43)44)6-7-24(42)23-4-3-5-25-39(8-9-40(23)25)12-21-11-19(14-48-21)28(33)34/h3-5,8-11,13-14,17,20,23-24,42H,6-7,12,15-16H2,1-2H3,(H3,33,34)(H2,35,37)(H,36,45)(H,43,44)(H,46,47)/b18-10+,38-27-/t20-,23?,24?/m1/s1. The van der Waals surface area contributed by atoms with Crippen LogP contribution in [0.15, 0.2) is 75.4 Å². The maximum absolute atomic E-state index is 13.1. The Morgan fingerprint density at radius 1 is 1.31 bits per heavy atom. The minimum absolute atomic E-state index is 0.0204. The summed E-state index contributed by atoms with van der Waals surface area (Å²) in [5.74, 6) is -1.81. The largest absolute Gasteiger partial charge is 0.478 e. The number of nitrogens with one attached hydrogen (secondary N) is 2. The molecule has 4 heterocycles. The van der Waals surface area contributed by atoms with E-state index in [9.17, 15) is 34.5 Å². The van der Waals surface area contributed by atoms with E-state index in [-0.39, 0.29) is 46.7 Å². The number of amides is 1. The fourth-order valence-corrected chi connectivity index (χ4v) is 6.36. The van der Waals surface area contributed by atoms with E-state index >= 15 is 0 Å². The lowest BCUT2D eigenvalue weighted by Gasteiger charge is -2.35. The summed E-state index contributed by atoms with van der Waals surface area (Å²) >= 11 is 2.21. The molecule has 0 saturated heterocycles. The van der Waals surface area contributed by atoms with Crippen molar-refractivity contribution in [3.63, 3.8) is 0 Å². The summed E-state index contributed by atoms with van der Waals surface area (Å²) in [6.45, 7) is 2.85. The van der Waals surface area contributed by atoms with Crippen LogP contribution < -0.4 is 16.8 Å². The minimum atomic E-state index is -1.77. The number of fused-ring (bicyclic) bond motifs is 1. The number of allylic oxidation sites excluding steroid dienone is 2. The van der Waals surface area contributed by atoms with Crippen molar-refractivity contribution in [1.29, 1.82) is 5.41 Å². The number of aliphatic hydroxyl groups excluding tert-OH is 1. The van der Waals surface area contributed by atoms with Gasteiger partial charge in [0, 0.05) is 35.4 Å². The number of aldehydes is 1. The average molecular weight is 743 g/mol. The van der Waals surface area contributed by atoms with Gasteiger partial charge in [-0.2, -0.15) is 11.8 Å². The van der Waals surface area contributed by atoms with Gasteiger partial charge in [0.05, 0.1) is 30.3 Å². The molecule has 0 bridgehead atoms. The number of oxime groups is 1. The third-order valence-electron chi connectivity index (χ3n) is 7.54. The number of nitrogens with two attached hydrogens (primary N) is 2. The first-order chi connectivity index (χ1) is 24.2. The summed E-state index contributed by atoms with van der Waals surface area (Å²) in [7, 11) is 0. The molecule has 2 aromatic rings. The Kier molecular flexibility index (Phi) is 12.8. The number of nitrogen functional groups attached to an aromatic ring is 2. The van der Waals surface area contributed by atoms with Gasteiger partial charge in [-0.1, -0.05) is 22.9 Å². The second-order valence-electron chi connectivity index (χ2n) is 11.8. The molecule has 51 heavy (non-hydrogen) atoms. The van der Waals surface area contributed by atoms with Gasteiger partial charge in [-0.15, -0.1) is 11.3 Å². The molecule has 0 saturated carbocycles. The molecule has 3 atom stereocenters. The molecule has 4 rings (SSSR count). The van der Waals surface area contributed by atoms with Gasteiger partial charge in [0.15, 0.2) is 10.8 Å². The normalized spacial score (nSPS) is 17.1. The Labute approximate surface area is 300 Å². The summed E-state index contributed by atoms with van der Waals surface area (Å²) in [4.78, 5) is 61.0. The first-order valence-electron chi connectivity index (χ1n) is 15.4. The van der Waals surface area contributed by atoms with Gasteiger partial charge in [0.1, 0.15) is 35.7 Å². The number of nitrogens with zero attached hydrogens (tertiary/aromatic N) is 4. The van der Waals surface area contributed by atoms with Crippen LogP contribution in [0.5, 0.6) is 0 Å². The summed E-state index contributed by atoms with van der Waals surface area (Å²) < 4.78 is 5.53. The maximum Gasteiger partial charge on any atom is 0.350 e. The van der Waals surface area contributed by atoms with Crippen molar-refractivity contribution in [1.82, 2.24) is 20.1 Å².